The molecule has 0 unspecified atom stereocenters. The van der Waals surface area contributed by atoms with Gasteiger partial charge in [-0.3, -0.25) is 0 Å². The maximum atomic E-state index is 12.5. The minimum Gasteiger partial charge on any atom is -0.383 e. The second-order valence-electron chi connectivity index (χ2n) is 4.22. The Balaban J connectivity index is 3.08. The van der Waals surface area contributed by atoms with Gasteiger partial charge in [0, 0.05) is 19.7 Å². The lowest BCUT2D eigenvalue weighted by Crippen LogP contribution is -2.38. The fraction of sp³-hybridized carbons (Fsp3) is 0.636. The van der Waals surface area contributed by atoms with E-state index in [0.29, 0.717) is 17.4 Å². The van der Waals surface area contributed by atoms with E-state index in [2.05, 4.69) is 15.9 Å². The van der Waals surface area contributed by atoms with Gasteiger partial charge in [-0.15, -0.1) is 11.3 Å². The summed E-state index contributed by atoms with van der Waals surface area (Å²) in [6.07, 6.45) is 0. The molecule has 0 bridgehead atoms. The predicted molar refractivity (Wildman–Crippen MR) is 77.7 cm³/mol. The molecule has 0 atom stereocenters. The summed E-state index contributed by atoms with van der Waals surface area (Å²) < 4.78 is 32.7. The Morgan fingerprint density at radius 3 is 2.50 bits per heavy atom. The first-order chi connectivity index (χ1) is 8.30. The molecule has 0 saturated heterocycles. The second kappa shape index (κ2) is 6.47. The van der Waals surface area contributed by atoms with Crippen molar-refractivity contribution in [1.29, 1.82) is 0 Å². The lowest BCUT2D eigenvalue weighted by atomic mass is 10.4. The molecule has 0 saturated carbocycles. The third-order valence-electron chi connectivity index (χ3n) is 2.49. The molecule has 7 heteroatoms. The van der Waals surface area contributed by atoms with Crippen LogP contribution in [0.5, 0.6) is 0 Å². The number of halogens is 1. The number of nitrogens with zero attached hydrogens (tertiary/aromatic N) is 1. The Morgan fingerprint density at radius 1 is 1.50 bits per heavy atom. The van der Waals surface area contributed by atoms with Gasteiger partial charge in [0.15, 0.2) is 0 Å². The van der Waals surface area contributed by atoms with Crippen LogP contribution in [0.15, 0.2) is 14.1 Å². The Bertz CT molecular complexity index is 477. The van der Waals surface area contributed by atoms with Crippen LogP contribution in [0.4, 0.5) is 0 Å². The van der Waals surface area contributed by atoms with Gasteiger partial charge in [0.25, 0.3) is 10.0 Å². The van der Waals surface area contributed by atoms with Gasteiger partial charge in [-0.25, -0.2) is 8.42 Å². The van der Waals surface area contributed by atoms with Crippen LogP contribution in [0.3, 0.4) is 0 Å². The van der Waals surface area contributed by atoms with Crippen molar-refractivity contribution in [1.82, 2.24) is 4.31 Å². The van der Waals surface area contributed by atoms with Gasteiger partial charge in [-0.05, 0) is 48.3 Å². The van der Waals surface area contributed by atoms with Gasteiger partial charge in [0.1, 0.15) is 4.21 Å². The maximum absolute atomic E-state index is 12.5. The Morgan fingerprint density at radius 2 is 2.11 bits per heavy atom. The van der Waals surface area contributed by atoms with Crippen LogP contribution < -0.4 is 0 Å². The average molecular weight is 356 g/mol. The molecule has 1 aromatic rings. The van der Waals surface area contributed by atoms with Gasteiger partial charge < -0.3 is 4.74 Å². The normalized spacial score (nSPS) is 12.6. The van der Waals surface area contributed by atoms with Crippen LogP contribution in [0.2, 0.25) is 0 Å². The summed E-state index contributed by atoms with van der Waals surface area (Å²) in [7, 11) is -1.87. The quantitative estimate of drug-likeness (QED) is 0.788. The molecule has 1 aromatic heterocycles. The fourth-order valence-electron chi connectivity index (χ4n) is 1.51. The third kappa shape index (κ3) is 3.54. The highest BCUT2D eigenvalue weighted by atomic mass is 79.9. The van der Waals surface area contributed by atoms with Gasteiger partial charge >= 0.3 is 0 Å². The largest absolute Gasteiger partial charge is 0.383 e. The van der Waals surface area contributed by atoms with E-state index >= 15 is 0 Å². The number of ether oxygens (including phenoxy) is 1. The van der Waals surface area contributed by atoms with Crippen LogP contribution in [-0.2, 0) is 14.8 Å². The van der Waals surface area contributed by atoms with Gasteiger partial charge in [-0.2, -0.15) is 4.31 Å². The van der Waals surface area contributed by atoms with Crippen LogP contribution >= 0.6 is 27.3 Å². The van der Waals surface area contributed by atoms with E-state index in [9.17, 15) is 8.42 Å². The monoisotopic (exact) mass is 355 g/mol. The summed E-state index contributed by atoms with van der Waals surface area (Å²) in [5, 5.41) is 0. The minimum atomic E-state index is -3.43. The number of rotatable bonds is 6. The lowest BCUT2D eigenvalue weighted by molar-refractivity contribution is 0.171. The molecule has 0 amide bonds. The molecule has 1 heterocycles. The molecule has 0 aliphatic heterocycles. The Hall–Kier alpha value is 0.0500. The van der Waals surface area contributed by atoms with Crippen molar-refractivity contribution in [2.24, 2.45) is 0 Å². The zero-order valence-electron chi connectivity index (χ0n) is 10.9. The first-order valence-electron chi connectivity index (χ1n) is 5.57. The molecule has 0 fully saturated rings. The summed E-state index contributed by atoms with van der Waals surface area (Å²) in [5.74, 6) is 0. The van der Waals surface area contributed by atoms with E-state index in [1.807, 2.05) is 20.8 Å². The number of aryl methyl sites for hydroxylation is 1. The van der Waals surface area contributed by atoms with Crippen molar-refractivity contribution in [3.63, 3.8) is 0 Å². The topological polar surface area (TPSA) is 46.6 Å². The van der Waals surface area contributed by atoms with E-state index < -0.39 is 10.0 Å². The van der Waals surface area contributed by atoms with E-state index in [-0.39, 0.29) is 6.04 Å². The number of sulfonamides is 1. The lowest BCUT2D eigenvalue weighted by Gasteiger charge is -2.24. The molecule has 0 aliphatic carbocycles. The van der Waals surface area contributed by atoms with Crippen molar-refractivity contribution in [2.45, 2.75) is 31.0 Å². The standard InChI is InChI=1S/C11H18BrNO3S2/c1-8(2)13(5-6-16-4)18(14,15)10-7-9(3)11(12)17-10/h7-8H,5-6H2,1-4H3. The molecule has 18 heavy (non-hydrogen) atoms. The van der Waals surface area contributed by atoms with Gasteiger partial charge in [-0.1, -0.05) is 0 Å². The smallest absolute Gasteiger partial charge is 0.252 e. The van der Waals surface area contributed by atoms with E-state index in [1.54, 1.807) is 13.2 Å². The van der Waals surface area contributed by atoms with Gasteiger partial charge in [0.05, 0.1) is 10.4 Å². The molecule has 0 radical (unpaired) electrons. The maximum Gasteiger partial charge on any atom is 0.252 e. The van der Waals surface area contributed by atoms with Crippen molar-refractivity contribution < 1.29 is 13.2 Å². The summed E-state index contributed by atoms with van der Waals surface area (Å²) in [6.45, 7) is 6.37. The summed E-state index contributed by atoms with van der Waals surface area (Å²) >= 11 is 4.60. The van der Waals surface area contributed by atoms with E-state index in [1.165, 1.54) is 15.6 Å². The Kier molecular flexibility index (Phi) is 5.79. The van der Waals surface area contributed by atoms with Gasteiger partial charge in [0.2, 0.25) is 0 Å². The molecule has 0 spiro atoms. The zero-order valence-corrected chi connectivity index (χ0v) is 14.2. The average Bonchev–Trinajstić information content (AvgIpc) is 2.59. The van der Waals surface area contributed by atoms with Crippen LogP contribution in [0.1, 0.15) is 19.4 Å². The summed E-state index contributed by atoms with van der Waals surface area (Å²) in [6, 6.07) is 1.61. The Labute approximate surface area is 121 Å². The second-order valence-corrected chi connectivity index (χ2v) is 8.71. The molecular weight excluding hydrogens is 338 g/mol. The van der Waals surface area contributed by atoms with Crippen LogP contribution in [-0.4, -0.2) is 39.0 Å². The number of hydrogen-bond donors (Lipinski definition) is 0. The molecular formula is C11H18BrNO3S2. The van der Waals surface area contributed by atoms with Crippen molar-refractivity contribution >= 4 is 37.3 Å². The molecule has 0 N–H and O–H groups in total. The number of thiophene rings is 1. The molecule has 1 rings (SSSR count). The van der Waals surface area contributed by atoms with E-state index in [4.69, 9.17) is 4.74 Å². The highest BCUT2D eigenvalue weighted by Crippen LogP contribution is 2.32. The number of hydrogen-bond acceptors (Lipinski definition) is 4. The highest BCUT2D eigenvalue weighted by molar-refractivity contribution is 9.11. The number of methoxy groups -OCH3 is 1. The van der Waals surface area contributed by atoms with Crippen molar-refractivity contribution in [3.8, 4) is 0 Å². The summed E-state index contributed by atoms with van der Waals surface area (Å²) in [4.78, 5) is 0. The first-order valence-corrected chi connectivity index (χ1v) is 8.62. The van der Waals surface area contributed by atoms with Crippen molar-refractivity contribution in [2.75, 3.05) is 20.3 Å². The minimum absolute atomic E-state index is 0.0914. The predicted octanol–water partition coefficient (Wildman–Crippen LogP) is 2.86. The fourth-order valence-corrected chi connectivity index (χ4v) is 5.49. The van der Waals surface area contributed by atoms with Crippen molar-refractivity contribution in [3.05, 3.63) is 15.4 Å². The molecule has 104 valence electrons. The first kappa shape index (κ1) is 16.1. The third-order valence-corrected chi connectivity index (χ3v) is 7.15. The van der Waals surface area contributed by atoms with Crippen LogP contribution in [0.25, 0.3) is 0 Å². The molecule has 0 aromatic carbocycles. The highest BCUT2D eigenvalue weighted by Gasteiger charge is 2.28. The van der Waals surface area contributed by atoms with E-state index in [0.717, 1.165) is 9.35 Å². The molecule has 0 aliphatic rings. The zero-order chi connectivity index (χ0) is 13.9. The molecule has 4 nitrogen and oxygen atoms in total. The van der Waals surface area contributed by atoms with Crippen LogP contribution in [0, 0.1) is 6.92 Å². The SMILES string of the molecule is COCCN(C(C)C)S(=O)(=O)c1cc(C)c(Br)s1. The summed E-state index contributed by atoms with van der Waals surface area (Å²) in [5.41, 5.74) is 0.939.